The maximum absolute atomic E-state index is 12.0. The quantitative estimate of drug-likeness (QED) is 0.648. The van der Waals surface area contributed by atoms with Crippen LogP contribution in [0.5, 0.6) is 0 Å². The normalized spacial score (nSPS) is 11.5. The van der Waals surface area contributed by atoms with Gasteiger partial charge in [-0.15, -0.1) is 0 Å². The smallest absolute Gasteiger partial charge is 0.260 e. The lowest BCUT2D eigenvalue weighted by molar-refractivity contribution is 0.947. The third-order valence-corrected chi connectivity index (χ3v) is 3.77. The van der Waals surface area contributed by atoms with Crippen LogP contribution >= 0.6 is 27.5 Å². The van der Waals surface area contributed by atoms with Crippen LogP contribution in [0, 0.1) is 6.92 Å². The van der Waals surface area contributed by atoms with E-state index < -0.39 is 0 Å². The summed E-state index contributed by atoms with van der Waals surface area (Å²) in [6.07, 6.45) is 1.54. The van der Waals surface area contributed by atoms with Crippen LogP contribution in [0.4, 0.5) is 0 Å². The minimum Gasteiger partial charge on any atom is -0.306 e. The summed E-state index contributed by atoms with van der Waals surface area (Å²) in [5.74, 6) is 0. The molecule has 0 aliphatic heterocycles. The van der Waals surface area contributed by atoms with Crippen molar-refractivity contribution in [2.45, 2.75) is 6.92 Å². The number of aryl methyl sites for hydroxylation is 1. The molecule has 3 aromatic heterocycles. The zero-order valence-corrected chi connectivity index (χ0v) is 11.0. The number of nitrogens with zero attached hydrogens (tertiary/aromatic N) is 3. The SMILES string of the molecule is Cc1cc2[nH]c(=O)c3c(Br)c(Cl)ncc3n2n1. The maximum Gasteiger partial charge on any atom is 0.260 e. The van der Waals surface area contributed by atoms with Crippen LogP contribution in [0.15, 0.2) is 21.5 Å². The first-order valence-corrected chi connectivity index (χ1v) is 5.97. The van der Waals surface area contributed by atoms with Gasteiger partial charge in [-0.05, 0) is 22.9 Å². The largest absolute Gasteiger partial charge is 0.306 e. The zero-order valence-electron chi connectivity index (χ0n) is 8.66. The number of aromatic nitrogens is 4. The van der Waals surface area contributed by atoms with Crippen molar-refractivity contribution in [3.8, 4) is 0 Å². The number of rotatable bonds is 0. The Balaban J connectivity index is 2.67. The molecule has 0 unspecified atom stereocenters. The topological polar surface area (TPSA) is 63.0 Å². The molecule has 0 spiro atoms. The van der Waals surface area contributed by atoms with E-state index in [9.17, 15) is 4.79 Å². The highest BCUT2D eigenvalue weighted by atomic mass is 79.9. The molecular weight excluding hydrogens is 307 g/mol. The fourth-order valence-electron chi connectivity index (χ4n) is 1.78. The van der Waals surface area contributed by atoms with Crippen molar-refractivity contribution in [2.24, 2.45) is 0 Å². The first-order valence-electron chi connectivity index (χ1n) is 4.80. The summed E-state index contributed by atoms with van der Waals surface area (Å²) in [4.78, 5) is 18.7. The van der Waals surface area contributed by atoms with Crippen LogP contribution in [0.3, 0.4) is 0 Å². The minimum atomic E-state index is -0.219. The third-order valence-electron chi connectivity index (χ3n) is 2.49. The monoisotopic (exact) mass is 312 g/mol. The van der Waals surface area contributed by atoms with Gasteiger partial charge in [0.1, 0.15) is 10.8 Å². The van der Waals surface area contributed by atoms with Gasteiger partial charge in [0.25, 0.3) is 5.56 Å². The Hall–Kier alpha value is -1.40. The highest BCUT2D eigenvalue weighted by Crippen LogP contribution is 2.26. The van der Waals surface area contributed by atoms with Gasteiger partial charge in [0.15, 0.2) is 0 Å². The summed E-state index contributed by atoms with van der Waals surface area (Å²) in [5, 5.41) is 5.00. The Morgan fingerprint density at radius 2 is 2.29 bits per heavy atom. The van der Waals surface area contributed by atoms with Crippen LogP contribution in [0.1, 0.15) is 5.69 Å². The van der Waals surface area contributed by atoms with Gasteiger partial charge in [0, 0.05) is 6.07 Å². The summed E-state index contributed by atoms with van der Waals surface area (Å²) >= 11 is 9.14. The summed E-state index contributed by atoms with van der Waals surface area (Å²) in [5.41, 5.74) is 1.85. The number of fused-ring (bicyclic) bond motifs is 3. The molecule has 5 nitrogen and oxygen atoms in total. The molecule has 17 heavy (non-hydrogen) atoms. The molecule has 0 bridgehead atoms. The molecule has 3 rings (SSSR count). The second kappa shape index (κ2) is 3.54. The summed E-state index contributed by atoms with van der Waals surface area (Å²) in [6.45, 7) is 1.86. The van der Waals surface area contributed by atoms with Crippen LogP contribution in [-0.4, -0.2) is 19.6 Å². The number of nitrogens with one attached hydrogen (secondary N) is 1. The highest BCUT2D eigenvalue weighted by Gasteiger charge is 2.13. The van der Waals surface area contributed by atoms with Crippen molar-refractivity contribution < 1.29 is 0 Å². The molecule has 0 aliphatic carbocycles. The number of halogens is 2. The zero-order chi connectivity index (χ0) is 12.2. The summed E-state index contributed by atoms with van der Waals surface area (Å²) in [6, 6.07) is 1.79. The van der Waals surface area contributed by atoms with E-state index in [0.717, 1.165) is 5.69 Å². The average Bonchev–Trinajstić information content (AvgIpc) is 2.63. The molecule has 0 fully saturated rings. The predicted molar refractivity (Wildman–Crippen MR) is 68.6 cm³/mol. The van der Waals surface area contributed by atoms with E-state index in [0.29, 0.717) is 21.0 Å². The van der Waals surface area contributed by atoms with Gasteiger partial charge >= 0.3 is 0 Å². The second-order valence-corrected chi connectivity index (χ2v) is 4.81. The Labute approximate surface area is 109 Å². The number of H-pyrrole nitrogens is 1. The molecule has 3 heterocycles. The van der Waals surface area contributed by atoms with Crippen molar-refractivity contribution in [1.29, 1.82) is 0 Å². The number of hydrogen-bond donors (Lipinski definition) is 1. The molecule has 7 heteroatoms. The molecule has 86 valence electrons. The number of pyridine rings is 1. The molecule has 0 radical (unpaired) electrons. The molecule has 0 saturated heterocycles. The van der Waals surface area contributed by atoms with Crippen LogP contribution < -0.4 is 5.56 Å². The van der Waals surface area contributed by atoms with Gasteiger partial charge in [0.2, 0.25) is 0 Å². The van der Waals surface area contributed by atoms with Gasteiger partial charge < -0.3 is 4.98 Å². The van der Waals surface area contributed by atoms with Crippen molar-refractivity contribution in [2.75, 3.05) is 0 Å². The lowest BCUT2D eigenvalue weighted by Gasteiger charge is -2.03. The highest BCUT2D eigenvalue weighted by molar-refractivity contribution is 9.10. The Bertz CT molecular complexity index is 807. The lowest BCUT2D eigenvalue weighted by atomic mass is 10.3. The van der Waals surface area contributed by atoms with Crippen LogP contribution in [0.2, 0.25) is 5.15 Å². The van der Waals surface area contributed by atoms with E-state index in [-0.39, 0.29) is 10.7 Å². The van der Waals surface area contributed by atoms with Crippen LogP contribution in [0.25, 0.3) is 16.6 Å². The molecule has 0 amide bonds. The van der Waals surface area contributed by atoms with E-state index in [2.05, 4.69) is 31.0 Å². The molecule has 0 aromatic carbocycles. The molecule has 3 aromatic rings. The fraction of sp³-hybridized carbons (Fsp3) is 0.100. The van der Waals surface area contributed by atoms with E-state index in [1.807, 2.05) is 6.92 Å². The summed E-state index contributed by atoms with van der Waals surface area (Å²) in [7, 11) is 0. The van der Waals surface area contributed by atoms with Crippen LogP contribution in [-0.2, 0) is 0 Å². The third kappa shape index (κ3) is 1.48. The molecule has 0 saturated carbocycles. The summed E-state index contributed by atoms with van der Waals surface area (Å²) < 4.78 is 2.12. The van der Waals surface area contributed by atoms with Gasteiger partial charge in [-0.25, -0.2) is 9.50 Å². The first kappa shape index (κ1) is 10.7. The van der Waals surface area contributed by atoms with E-state index >= 15 is 0 Å². The standard InChI is InChI=1S/C10H6BrClN4O/c1-4-2-6-14-10(17)7-5(16(6)15-4)3-13-9(12)8(7)11/h2-3H,1H3,(H,14,17). The van der Waals surface area contributed by atoms with E-state index in [1.165, 1.54) is 6.20 Å². The Kier molecular flexibility index (Phi) is 2.24. The van der Waals surface area contributed by atoms with Crippen molar-refractivity contribution >= 4 is 44.1 Å². The average molecular weight is 314 g/mol. The second-order valence-electron chi connectivity index (χ2n) is 3.66. The molecule has 0 aliphatic rings. The molecule has 0 atom stereocenters. The predicted octanol–water partition coefficient (Wildman–Crippen LogP) is 2.30. The fourth-order valence-corrected chi connectivity index (χ4v) is 2.41. The van der Waals surface area contributed by atoms with Crippen molar-refractivity contribution in [3.63, 3.8) is 0 Å². The maximum atomic E-state index is 12.0. The van der Waals surface area contributed by atoms with Crippen molar-refractivity contribution in [1.82, 2.24) is 19.6 Å². The number of hydrogen-bond acceptors (Lipinski definition) is 3. The number of aromatic amines is 1. The van der Waals surface area contributed by atoms with E-state index in [4.69, 9.17) is 11.6 Å². The minimum absolute atomic E-state index is 0.219. The van der Waals surface area contributed by atoms with Crippen molar-refractivity contribution in [3.05, 3.63) is 37.9 Å². The lowest BCUT2D eigenvalue weighted by Crippen LogP contribution is -2.11. The van der Waals surface area contributed by atoms with Gasteiger partial charge in [0.05, 0.1) is 27.3 Å². The van der Waals surface area contributed by atoms with E-state index in [1.54, 1.807) is 10.6 Å². The molecular formula is C10H6BrClN4O. The van der Waals surface area contributed by atoms with Gasteiger partial charge in [-0.3, -0.25) is 4.79 Å². The molecule has 1 N–H and O–H groups in total. The first-order chi connectivity index (χ1) is 8.08. The van der Waals surface area contributed by atoms with Gasteiger partial charge in [-0.1, -0.05) is 11.6 Å². The van der Waals surface area contributed by atoms with Gasteiger partial charge in [-0.2, -0.15) is 5.10 Å². The Morgan fingerprint density at radius 3 is 3.06 bits per heavy atom. The Morgan fingerprint density at radius 1 is 1.53 bits per heavy atom.